The predicted molar refractivity (Wildman–Crippen MR) is 87.2 cm³/mol. The molecule has 3 aromatic rings. The lowest BCUT2D eigenvalue weighted by Gasteiger charge is -2.12. The summed E-state index contributed by atoms with van der Waals surface area (Å²) in [6, 6.07) is 10.1. The van der Waals surface area contributed by atoms with Crippen molar-refractivity contribution >= 4 is 11.6 Å². The third-order valence-corrected chi connectivity index (χ3v) is 3.27. The Morgan fingerprint density at radius 1 is 0.864 bits per heavy atom. The SMILES string of the molecule is CN(C)c1ccc(-c2ccnc(-c3cnc(N)nc3)n2)cc1. The number of aromatic nitrogens is 4. The average molecular weight is 292 g/mol. The predicted octanol–water partition coefficient (Wildman–Crippen LogP) is 2.25. The van der Waals surface area contributed by atoms with Gasteiger partial charge in [0.2, 0.25) is 5.95 Å². The van der Waals surface area contributed by atoms with Gasteiger partial charge in [-0.25, -0.2) is 19.9 Å². The molecule has 0 saturated carbocycles. The molecule has 22 heavy (non-hydrogen) atoms. The minimum atomic E-state index is 0.235. The molecule has 0 unspecified atom stereocenters. The molecule has 1 aromatic carbocycles. The van der Waals surface area contributed by atoms with E-state index in [1.165, 1.54) is 0 Å². The Bertz CT molecular complexity index is 765. The van der Waals surface area contributed by atoms with Crippen molar-refractivity contribution in [2.45, 2.75) is 0 Å². The van der Waals surface area contributed by atoms with Crippen LogP contribution in [0.4, 0.5) is 11.6 Å². The van der Waals surface area contributed by atoms with Crippen molar-refractivity contribution in [2.75, 3.05) is 24.7 Å². The van der Waals surface area contributed by atoms with E-state index < -0.39 is 0 Å². The summed E-state index contributed by atoms with van der Waals surface area (Å²) >= 11 is 0. The summed E-state index contributed by atoms with van der Waals surface area (Å²) in [4.78, 5) is 18.8. The lowest BCUT2D eigenvalue weighted by atomic mass is 10.1. The molecule has 0 amide bonds. The van der Waals surface area contributed by atoms with E-state index in [0.717, 1.165) is 22.5 Å². The zero-order chi connectivity index (χ0) is 15.5. The van der Waals surface area contributed by atoms with E-state index in [4.69, 9.17) is 5.73 Å². The molecular formula is C16H16N6. The van der Waals surface area contributed by atoms with Crippen LogP contribution in [0.25, 0.3) is 22.6 Å². The van der Waals surface area contributed by atoms with Crippen molar-refractivity contribution in [3.63, 3.8) is 0 Å². The second-order valence-corrected chi connectivity index (χ2v) is 5.04. The molecule has 6 nitrogen and oxygen atoms in total. The Hall–Kier alpha value is -3.02. The number of rotatable bonds is 3. The summed E-state index contributed by atoms with van der Waals surface area (Å²) in [5.74, 6) is 0.813. The minimum Gasteiger partial charge on any atom is -0.378 e. The Kier molecular flexibility index (Phi) is 3.65. The Balaban J connectivity index is 1.95. The highest BCUT2D eigenvalue weighted by Gasteiger charge is 2.06. The molecule has 0 saturated heterocycles. The van der Waals surface area contributed by atoms with Gasteiger partial charge in [0.1, 0.15) is 0 Å². The smallest absolute Gasteiger partial charge is 0.219 e. The lowest BCUT2D eigenvalue weighted by molar-refractivity contribution is 1.12. The maximum Gasteiger partial charge on any atom is 0.219 e. The molecule has 0 atom stereocenters. The van der Waals surface area contributed by atoms with Crippen LogP contribution in [0.1, 0.15) is 0 Å². The van der Waals surface area contributed by atoms with Gasteiger partial charge in [0.05, 0.1) is 11.3 Å². The summed E-state index contributed by atoms with van der Waals surface area (Å²) in [6.07, 6.45) is 4.97. The molecule has 3 rings (SSSR count). The number of anilines is 2. The van der Waals surface area contributed by atoms with Crippen LogP contribution in [-0.4, -0.2) is 34.0 Å². The van der Waals surface area contributed by atoms with E-state index in [-0.39, 0.29) is 5.95 Å². The van der Waals surface area contributed by atoms with E-state index in [9.17, 15) is 0 Å². The number of hydrogen-bond donors (Lipinski definition) is 1. The van der Waals surface area contributed by atoms with Gasteiger partial charge in [-0.05, 0) is 18.2 Å². The van der Waals surface area contributed by atoms with Gasteiger partial charge in [0.25, 0.3) is 0 Å². The highest BCUT2D eigenvalue weighted by Crippen LogP contribution is 2.22. The van der Waals surface area contributed by atoms with Gasteiger partial charge in [-0.15, -0.1) is 0 Å². The van der Waals surface area contributed by atoms with Crippen LogP contribution in [0.2, 0.25) is 0 Å². The minimum absolute atomic E-state index is 0.235. The largest absolute Gasteiger partial charge is 0.378 e. The van der Waals surface area contributed by atoms with Crippen LogP contribution in [0.3, 0.4) is 0 Å². The van der Waals surface area contributed by atoms with E-state index in [1.54, 1.807) is 18.6 Å². The number of benzene rings is 1. The second kappa shape index (κ2) is 5.77. The maximum absolute atomic E-state index is 5.50. The van der Waals surface area contributed by atoms with Crippen molar-refractivity contribution in [2.24, 2.45) is 0 Å². The highest BCUT2D eigenvalue weighted by atomic mass is 15.1. The monoisotopic (exact) mass is 292 g/mol. The molecule has 0 aliphatic heterocycles. The van der Waals surface area contributed by atoms with Crippen LogP contribution in [0, 0.1) is 0 Å². The molecule has 0 aliphatic rings. The highest BCUT2D eigenvalue weighted by molar-refractivity contribution is 5.65. The number of nitrogens with zero attached hydrogens (tertiary/aromatic N) is 5. The van der Waals surface area contributed by atoms with Crippen LogP contribution in [0.5, 0.6) is 0 Å². The van der Waals surface area contributed by atoms with Gasteiger partial charge in [0.15, 0.2) is 5.82 Å². The molecule has 0 spiro atoms. The van der Waals surface area contributed by atoms with Gasteiger partial charge >= 0.3 is 0 Å². The Morgan fingerprint density at radius 2 is 1.55 bits per heavy atom. The molecular weight excluding hydrogens is 276 g/mol. The normalized spacial score (nSPS) is 10.5. The van der Waals surface area contributed by atoms with Crippen molar-refractivity contribution in [1.82, 2.24) is 19.9 Å². The fourth-order valence-electron chi connectivity index (χ4n) is 2.04. The van der Waals surface area contributed by atoms with Crippen LogP contribution in [0.15, 0.2) is 48.9 Å². The van der Waals surface area contributed by atoms with Crippen LogP contribution < -0.4 is 10.6 Å². The van der Waals surface area contributed by atoms with Gasteiger partial charge in [-0.3, -0.25) is 0 Å². The second-order valence-electron chi connectivity index (χ2n) is 5.04. The molecule has 110 valence electrons. The van der Waals surface area contributed by atoms with Crippen molar-refractivity contribution in [1.29, 1.82) is 0 Å². The van der Waals surface area contributed by atoms with Gasteiger partial charge < -0.3 is 10.6 Å². The Morgan fingerprint density at radius 3 is 2.18 bits per heavy atom. The summed E-state index contributed by atoms with van der Waals surface area (Å²) in [5, 5.41) is 0. The third-order valence-electron chi connectivity index (χ3n) is 3.27. The first kappa shape index (κ1) is 13.9. The number of hydrogen-bond acceptors (Lipinski definition) is 6. The first-order chi connectivity index (χ1) is 10.6. The molecule has 0 radical (unpaired) electrons. The van der Waals surface area contributed by atoms with Gasteiger partial charge in [-0.2, -0.15) is 0 Å². The van der Waals surface area contributed by atoms with Crippen molar-refractivity contribution in [3.8, 4) is 22.6 Å². The molecule has 2 N–H and O–H groups in total. The van der Waals surface area contributed by atoms with Crippen LogP contribution >= 0.6 is 0 Å². The Labute approximate surface area is 128 Å². The van der Waals surface area contributed by atoms with Gasteiger partial charge in [-0.1, -0.05) is 12.1 Å². The number of nitrogens with two attached hydrogens (primary N) is 1. The third kappa shape index (κ3) is 2.85. The molecule has 0 bridgehead atoms. The average Bonchev–Trinajstić information content (AvgIpc) is 2.56. The van der Waals surface area contributed by atoms with E-state index in [2.05, 4.69) is 37.0 Å². The van der Waals surface area contributed by atoms with Crippen molar-refractivity contribution < 1.29 is 0 Å². The van der Waals surface area contributed by atoms with E-state index in [1.807, 2.05) is 32.3 Å². The summed E-state index contributed by atoms with van der Waals surface area (Å²) in [6.45, 7) is 0. The first-order valence-electron chi connectivity index (χ1n) is 6.82. The molecule has 2 aromatic heterocycles. The maximum atomic E-state index is 5.50. The van der Waals surface area contributed by atoms with Crippen LogP contribution in [-0.2, 0) is 0 Å². The van der Waals surface area contributed by atoms with Gasteiger partial charge in [0, 0.05) is 43.9 Å². The topological polar surface area (TPSA) is 80.8 Å². The summed E-state index contributed by atoms with van der Waals surface area (Å²) in [7, 11) is 4.03. The molecule has 2 heterocycles. The molecule has 0 fully saturated rings. The molecule has 0 aliphatic carbocycles. The first-order valence-corrected chi connectivity index (χ1v) is 6.82. The standard InChI is InChI=1S/C16H16N6/c1-22(2)13-5-3-11(4-6-13)14-7-8-18-15(21-14)12-9-19-16(17)20-10-12/h3-10H,1-2H3,(H2,17,19,20). The van der Waals surface area contributed by atoms with Crippen molar-refractivity contribution in [3.05, 3.63) is 48.9 Å². The summed E-state index contributed by atoms with van der Waals surface area (Å²) in [5.41, 5.74) is 9.26. The van der Waals surface area contributed by atoms with E-state index in [0.29, 0.717) is 5.82 Å². The molecule has 6 heteroatoms. The quantitative estimate of drug-likeness (QED) is 0.797. The lowest BCUT2D eigenvalue weighted by Crippen LogP contribution is -2.07. The fraction of sp³-hybridized carbons (Fsp3) is 0.125. The fourth-order valence-corrected chi connectivity index (χ4v) is 2.04. The van der Waals surface area contributed by atoms with E-state index >= 15 is 0 Å². The zero-order valence-electron chi connectivity index (χ0n) is 12.4. The number of nitrogen functional groups attached to an aromatic ring is 1. The summed E-state index contributed by atoms with van der Waals surface area (Å²) < 4.78 is 0. The zero-order valence-corrected chi connectivity index (χ0v) is 12.4.